The first-order valence-corrected chi connectivity index (χ1v) is 10.4. The largest absolute Gasteiger partial charge is 0.445 e. The van der Waals surface area contributed by atoms with E-state index in [1.54, 1.807) is 4.90 Å². The lowest BCUT2D eigenvalue weighted by molar-refractivity contribution is 0.0904. The number of nitrogens with zero attached hydrogens (tertiary/aromatic N) is 1. The third-order valence-corrected chi connectivity index (χ3v) is 8.95. The topological polar surface area (TPSA) is 59.0 Å². The molecule has 6 heteroatoms. The number of aliphatic hydroxyl groups excluding tert-OH is 1. The van der Waals surface area contributed by atoms with Crippen molar-refractivity contribution in [1.29, 1.82) is 0 Å². The smallest absolute Gasteiger partial charge is 0.410 e. The summed E-state index contributed by atoms with van der Waals surface area (Å²) in [5.41, 5.74) is 0. The van der Waals surface area contributed by atoms with Gasteiger partial charge < -0.3 is 19.2 Å². The molecule has 0 aromatic carbocycles. The van der Waals surface area contributed by atoms with Gasteiger partial charge in [-0.1, -0.05) is 33.4 Å². The Hall–Kier alpha value is -0.853. The molecule has 122 valence electrons. The van der Waals surface area contributed by atoms with Gasteiger partial charge >= 0.3 is 6.09 Å². The summed E-state index contributed by atoms with van der Waals surface area (Å²) >= 11 is 0. The van der Waals surface area contributed by atoms with Crippen LogP contribution in [-0.2, 0) is 9.16 Å². The summed E-state index contributed by atoms with van der Waals surface area (Å²) in [4.78, 5) is 13.6. The molecule has 1 heterocycles. The van der Waals surface area contributed by atoms with E-state index < -0.39 is 14.4 Å². The van der Waals surface area contributed by atoms with Crippen molar-refractivity contribution in [1.82, 2.24) is 4.90 Å². The molecule has 2 atom stereocenters. The molecule has 0 aliphatic carbocycles. The molecule has 1 saturated heterocycles. The number of hydrogen-bond donors (Lipinski definition) is 1. The Balaban J connectivity index is 2.69. The Labute approximate surface area is 129 Å². The second kappa shape index (κ2) is 6.94. The van der Waals surface area contributed by atoms with Crippen LogP contribution >= 0.6 is 0 Å². The molecular weight excluding hydrogens is 286 g/mol. The lowest BCUT2D eigenvalue weighted by atomic mass is 10.2. The number of carbonyl (C=O) groups excluding carboxylic acids is 1. The Morgan fingerprint density at radius 3 is 2.57 bits per heavy atom. The molecule has 1 amide bonds. The monoisotopic (exact) mass is 315 g/mol. The van der Waals surface area contributed by atoms with Crippen LogP contribution in [0.3, 0.4) is 0 Å². The second-order valence-electron chi connectivity index (χ2n) is 7.09. The Morgan fingerprint density at radius 1 is 1.48 bits per heavy atom. The average Bonchev–Trinajstić information content (AvgIpc) is 2.76. The van der Waals surface area contributed by atoms with Crippen molar-refractivity contribution in [3.05, 3.63) is 12.7 Å². The van der Waals surface area contributed by atoms with Gasteiger partial charge in [-0.25, -0.2) is 4.79 Å². The lowest BCUT2D eigenvalue weighted by Crippen LogP contribution is -2.45. The second-order valence-corrected chi connectivity index (χ2v) is 11.8. The van der Waals surface area contributed by atoms with Crippen LogP contribution in [0.4, 0.5) is 4.79 Å². The summed E-state index contributed by atoms with van der Waals surface area (Å²) in [5.74, 6) is 0. The summed E-state index contributed by atoms with van der Waals surface area (Å²) in [6, 6.07) is -0.225. The minimum Gasteiger partial charge on any atom is -0.445 e. The van der Waals surface area contributed by atoms with Crippen LogP contribution < -0.4 is 0 Å². The third kappa shape index (κ3) is 4.56. The molecule has 2 unspecified atom stereocenters. The van der Waals surface area contributed by atoms with Gasteiger partial charge in [-0.15, -0.1) is 0 Å². The summed E-state index contributed by atoms with van der Waals surface area (Å²) in [6.07, 6.45) is 1.76. The van der Waals surface area contributed by atoms with Crippen LogP contribution in [0, 0.1) is 0 Å². The molecule has 0 aromatic heterocycles. The first-order valence-electron chi connectivity index (χ1n) is 7.45. The molecule has 0 saturated carbocycles. The first-order chi connectivity index (χ1) is 9.62. The molecule has 0 radical (unpaired) electrons. The van der Waals surface area contributed by atoms with E-state index in [0.29, 0.717) is 13.0 Å². The molecular formula is C15H29NO4Si. The number of ether oxygens (including phenoxy) is 1. The van der Waals surface area contributed by atoms with Crippen LogP contribution in [0.15, 0.2) is 12.7 Å². The van der Waals surface area contributed by atoms with Crippen molar-refractivity contribution in [3.8, 4) is 0 Å². The van der Waals surface area contributed by atoms with E-state index in [1.807, 2.05) is 0 Å². The highest BCUT2D eigenvalue weighted by atomic mass is 28.4. The van der Waals surface area contributed by atoms with Crippen LogP contribution in [0.1, 0.15) is 27.2 Å². The fourth-order valence-corrected chi connectivity index (χ4v) is 3.52. The zero-order valence-corrected chi connectivity index (χ0v) is 14.9. The van der Waals surface area contributed by atoms with Crippen LogP contribution in [0.25, 0.3) is 0 Å². The minimum absolute atomic E-state index is 0.0284. The predicted molar refractivity (Wildman–Crippen MR) is 85.8 cm³/mol. The van der Waals surface area contributed by atoms with Crippen molar-refractivity contribution < 1.29 is 19.1 Å². The molecule has 1 aliphatic heterocycles. The Morgan fingerprint density at radius 2 is 2.10 bits per heavy atom. The number of likely N-dealkylation sites (tertiary alicyclic amines) is 1. The molecule has 5 nitrogen and oxygen atoms in total. The highest BCUT2D eigenvalue weighted by Crippen LogP contribution is 2.38. The number of aliphatic hydroxyl groups is 1. The standard InChI is InChI=1S/C15H29NO4Si/c1-7-8-19-14(18)16-10-13(9-12(16)11-17)20-21(5,6)15(2,3)4/h7,12-13,17H,1,8-11H2,2-6H3. The maximum absolute atomic E-state index is 12.0. The van der Waals surface area contributed by atoms with Gasteiger partial charge in [-0.2, -0.15) is 0 Å². The zero-order chi connectivity index (χ0) is 16.3. The normalized spacial score (nSPS) is 23.2. The molecule has 0 aromatic rings. The number of hydrogen-bond acceptors (Lipinski definition) is 4. The van der Waals surface area contributed by atoms with E-state index in [2.05, 4.69) is 40.4 Å². The third-order valence-electron chi connectivity index (χ3n) is 4.41. The van der Waals surface area contributed by atoms with Crippen molar-refractivity contribution in [2.75, 3.05) is 19.8 Å². The Bertz CT molecular complexity index is 378. The van der Waals surface area contributed by atoms with Crippen molar-refractivity contribution in [2.24, 2.45) is 0 Å². The van der Waals surface area contributed by atoms with Gasteiger partial charge in [-0.3, -0.25) is 0 Å². The molecule has 0 bridgehead atoms. The fourth-order valence-electron chi connectivity index (χ4n) is 2.16. The van der Waals surface area contributed by atoms with E-state index in [1.165, 1.54) is 6.08 Å². The van der Waals surface area contributed by atoms with Crippen LogP contribution in [0.2, 0.25) is 18.1 Å². The van der Waals surface area contributed by atoms with E-state index in [-0.39, 0.29) is 30.4 Å². The fraction of sp³-hybridized carbons (Fsp3) is 0.800. The zero-order valence-electron chi connectivity index (χ0n) is 13.9. The van der Waals surface area contributed by atoms with Crippen LogP contribution in [-0.4, -0.2) is 56.3 Å². The van der Waals surface area contributed by atoms with E-state index in [4.69, 9.17) is 9.16 Å². The van der Waals surface area contributed by atoms with Gasteiger partial charge in [0, 0.05) is 6.54 Å². The molecule has 1 aliphatic rings. The van der Waals surface area contributed by atoms with Crippen LogP contribution in [0.5, 0.6) is 0 Å². The van der Waals surface area contributed by atoms with Crippen molar-refractivity contribution >= 4 is 14.4 Å². The highest BCUT2D eigenvalue weighted by Gasteiger charge is 2.43. The maximum Gasteiger partial charge on any atom is 0.410 e. The van der Waals surface area contributed by atoms with Gasteiger partial charge in [0.05, 0.1) is 18.8 Å². The number of rotatable bonds is 5. The van der Waals surface area contributed by atoms with Gasteiger partial charge in [0.1, 0.15) is 6.61 Å². The van der Waals surface area contributed by atoms with Gasteiger partial charge in [-0.05, 0) is 24.6 Å². The lowest BCUT2D eigenvalue weighted by Gasteiger charge is -2.38. The molecule has 1 fully saturated rings. The summed E-state index contributed by atoms with van der Waals surface area (Å²) in [6.45, 7) is 15.1. The van der Waals surface area contributed by atoms with Gasteiger partial charge in [0.2, 0.25) is 0 Å². The summed E-state index contributed by atoms with van der Waals surface area (Å²) in [7, 11) is -1.88. The highest BCUT2D eigenvalue weighted by molar-refractivity contribution is 6.74. The van der Waals surface area contributed by atoms with E-state index >= 15 is 0 Å². The first kappa shape index (κ1) is 18.2. The number of carbonyl (C=O) groups is 1. The molecule has 0 spiro atoms. The van der Waals surface area contributed by atoms with Crippen molar-refractivity contribution in [3.63, 3.8) is 0 Å². The molecule has 1 rings (SSSR count). The van der Waals surface area contributed by atoms with Crippen molar-refractivity contribution in [2.45, 2.75) is 57.5 Å². The quantitative estimate of drug-likeness (QED) is 0.626. The predicted octanol–water partition coefficient (Wildman–Crippen LogP) is 2.77. The summed E-state index contributed by atoms with van der Waals surface area (Å²) in [5, 5.41) is 9.60. The molecule has 1 N–H and O–H groups in total. The molecule has 21 heavy (non-hydrogen) atoms. The number of amides is 1. The summed E-state index contributed by atoms with van der Waals surface area (Å²) < 4.78 is 11.4. The van der Waals surface area contributed by atoms with Gasteiger partial charge in [0.15, 0.2) is 8.32 Å². The maximum atomic E-state index is 12.0. The SMILES string of the molecule is C=CCOC(=O)N1CC(O[Si](C)(C)C(C)(C)C)CC1CO. The van der Waals surface area contributed by atoms with E-state index in [9.17, 15) is 9.90 Å². The van der Waals surface area contributed by atoms with E-state index in [0.717, 1.165) is 0 Å². The minimum atomic E-state index is -1.88. The average molecular weight is 315 g/mol. The van der Waals surface area contributed by atoms with Gasteiger partial charge in [0.25, 0.3) is 0 Å². The Kier molecular flexibility index (Phi) is 6.01.